The van der Waals surface area contributed by atoms with Crippen LogP contribution in [0.1, 0.15) is 32.4 Å². The van der Waals surface area contributed by atoms with E-state index in [0.717, 1.165) is 25.1 Å². The maximum Gasteiger partial charge on any atom is 0.276 e. The van der Waals surface area contributed by atoms with Crippen molar-refractivity contribution in [2.75, 3.05) is 6.54 Å². The molecule has 5 nitrogen and oxygen atoms in total. The Morgan fingerprint density at radius 2 is 2.16 bits per heavy atom. The van der Waals surface area contributed by atoms with Crippen LogP contribution in [0, 0.1) is 6.92 Å². The molecule has 0 aliphatic carbocycles. The highest BCUT2D eigenvalue weighted by molar-refractivity contribution is 5.44. The van der Waals surface area contributed by atoms with Crippen molar-refractivity contribution in [3.8, 4) is 0 Å². The molecule has 0 spiro atoms. The summed E-state index contributed by atoms with van der Waals surface area (Å²) in [5.41, 5.74) is 1.54. The van der Waals surface area contributed by atoms with Crippen LogP contribution in [-0.2, 0) is 6.54 Å². The Labute approximate surface area is 113 Å². The molecule has 0 aromatic carbocycles. The highest BCUT2D eigenvalue weighted by atomic mass is 16.1. The molecule has 0 saturated heterocycles. The smallest absolute Gasteiger partial charge is 0.276 e. The second-order valence-corrected chi connectivity index (χ2v) is 4.91. The fraction of sp³-hybridized carbons (Fsp3) is 0.571. The van der Waals surface area contributed by atoms with E-state index < -0.39 is 0 Å². The van der Waals surface area contributed by atoms with Crippen LogP contribution in [0.15, 0.2) is 23.3 Å². The summed E-state index contributed by atoms with van der Waals surface area (Å²) in [5.74, 6) is 0. The summed E-state index contributed by atoms with van der Waals surface area (Å²) in [7, 11) is 0. The lowest BCUT2D eigenvalue weighted by atomic mass is 10.1. The SMILES string of the molecule is CCCC(Cn1ccn2nc(C)cc2c1=O)NCC. The van der Waals surface area contributed by atoms with E-state index in [1.54, 1.807) is 9.08 Å². The van der Waals surface area contributed by atoms with E-state index in [2.05, 4.69) is 24.3 Å². The van der Waals surface area contributed by atoms with Crippen molar-refractivity contribution < 1.29 is 0 Å². The van der Waals surface area contributed by atoms with Gasteiger partial charge in [-0.25, -0.2) is 4.52 Å². The molecule has 5 heteroatoms. The Morgan fingerprint density at radius 3 is 2.84 bits per heavy atom. The van der Waals surface area contributed by atoms with Crippen molar-refractivity contribution in [1.82, 2.24) is 19.5 Å². The minimum Gasteiger partial charge on any atom is -0.312 e. The van der Waals surface area contributed by atoms with E-state index >= 15 is 0 Å². The van der Waals surface area contributed by atoms with Crippen molar-refractivity contribution in [3.05, 3.63) is 34.5 Å². The summed E-state index contributed by atoms with van der Waals surface area (Å²) >= 11 is 0. The van der Waals surface area contributed by atoms with Gasteiger partial charge in [-0.15, -0.1) is 0 Å². The summed E-state index contributed by atoms with van der Waals surface area (Å²) in [4.78, 5) is 12.4. The summed E-state index contributed by atoms with van der Waals surface area (Å²) in [6.07, 6.45) is 5.85. The van der Waals surface area contributed by atoms with Crippen molar-refractivity contribution >= 4 is 5.52 Å². The zero-order valence-corrected chi connectivity index (χ0v) is 11.9. The van der Waals surface area contributed by atoms with Crippen molar-refractivity contribution in [3.63, 3.8) is 0 Å². The highest BCUT2D eigenvalue weighted by Crippen LogP contribution is 2.03. The average molecular weight is 262 g/mol. The maximum absolute atomic E-state index is 12.4. The molecule has 0 saturated carbocycles. The Bertz CT molecular complexity index is 593. The molecule has 1 unspecified atom stereocenters. The van der Waals surface area contributed by atoms with Crippen LogP contribution in [0.4, 0.5) is 0 Å². The largest absolute Gasteiger partial charge is 0.312 e. The third-order valence-electron chi connectivity index (χ3n) is 3.27. The van der Waals surface area contributed by atoms with Gasteiger partial charge < -0.3 is 9.88 Å². The second-order valence-electron chi connectivity index (χ2n) is 4.91. The number of likely N-dealkylation sites (N-methyl/N-ethyl adjacent to an activating group) is 1. The first kappa shape index (κ1) is 13.8. The van der Waals surface area contributed by atoms with Gasteiger partial charge in [-0.3, -0.25) is 4.79 Å². The second kappa shape index (κ2) is 6.02. The van der Waals surface area contributed by atoms with Gasteiger partial charge in [-0.1, -0.05) is 20.3 Å². The molecule has 0 radical (unpaired) electrons. The standard InChI is InChI=1S/C14H22N4O/c1-4-6-12(15-5-2)10-17-7-8-18-13(14(17)19)9-11(3)16-18/h7-9,12,15H,4-6,10H2,1-3H3. The van der Waals surface area contributed by atoms with Gasteiger partial charge >= 0.3 is 0 Å². The first-order valence-electron chi connectivity index (χ1n) is 6.94. The molecular weight excluding hydrogens is 240 g/mol. The first-order chi connectivity index (χ1) is 9.15. The topological polar surface area (TPSA) is 51.3 Å². The number of aryl methyl sites for hydroxylation is 1. The fourth-order valence-corrected chi connectivity index (χ4v) is 2.42. The fourth-order valence-electron chi connectivity index (χ4n) is 2.42. The van der Waals surface area contributed by atoms with Crippen molar-refractivity contribution in [2.45, 2.75) is 46.2 Å². The van der Waals surface area contributed by atoms with Crippen LogP contribution < -0.4 is 10.9 Å². The number of rotatable bonds is 6. The number of hydrogen-bond acceptors (Lipinski definition) is 3. The van der Waals surface area contributed by atoms with E-state index in [1.807, 2.05) is 25.4 Å². The molecular formula is C14H22N4O. The van der Waals surface area contributed by atoms with Crippen LogP contribution in [-0.4, -0.2) is 26.8 Å². The van der Waals surface area contributed by atoms with Gasteiger partial charge in [0.2, 0.25) is 0 Å². The molecule has 0 bridgehead atoms. The third kappa shape index (κ3) is 3.04. The number of nitrogens with one attached hydrogen (secondary N) is 1. The third-order valence-corrected chi connectivity index (χ3v) is 3.27. The van der Waals surface area contributed by atoms with Crippen molar-refractivity contribution in [1.29, 1.82) is 0 Å². The minimum absolute atomic E-state index is 0.0297. The van der Waals surface area contributed by atoms with E-state index in [1.165, 1.54) is 0 Å². The molecule has 0 amide bonds. The zero-order valence-electron chi connectivity index (χ0n) is 11.9. The average Bonchev–Trinajstić information content (AvgIpc) is 2.75. The van der Waals surface area contributed by atoms with E-state index in [9.17, 15) is 4.79 Å². The van der Waals surface area contributed by atoms with Gasteiger partial charge in [0, 0.05) is 25.0 Å². The number of fused-ring (bicyclic) bond motifs is 1. The molecule has 19 heavy (non-hydrogen) atoms. The lowest BCUT2D eigenvalue weighted by Crippen LogP contribution is -2.36. The van der Waals surface area contributed by atoms with Gasteiger partial charge in [0.25, 0.3) is 5.56 Å². The van der Waals surface area contributed by atoms with Crippen LogP contribution in [0.25, 0.3) is 5.52 Å². The Morgan fingerprint density at radius 1 is 1.37 bits per heavy atom. The molecule has 0 aliphatic heterocycles. The molecule has 2 heterocycles. The molecule has 1 atom stereocenters. The quantitative estimate of drug-likeness (QED) is 0.860. The Balaban J connectivity index is 2.29. The van der Waals surface area contributed by atoms with Gasteiger partial charge in [0.1, 0.15) is 5.52 Å². The number of nitrogens with zero attached hydrogens (tertiary/aromatic N) is 3. The van der Waals surface area contributed by atoms with Crippen LogP contribution >= 0.6 is 0 Å². The molecule has 0 aliphatic rings. The van der Waals surface area contributed by atoms with Crippen LogP contribution in [0.5, 0.6) is 0 Å². The van der Waals surface area contributed by atoms with Gasteiger partial charge in [0.15, 0.2) is 0 Å². The lowest BCUT2D eigenvalue weighted by Gasteiger charge is -2.18. The molecule has 2 rings (SSSR count). The summed E-state index contributed by atoms with van der Waals surface area (Å²) in [5, 5.41) is 7.68. The first-order valence-corrected chi connectivity index (χ1v) is 6.94. The molecule has 2 aromatic rings. The zero-order chi connectivity index (χ0) is 13.8. The minimum atomic E-state index is 0.0297. The Kier molecular flexibility index (Phi) is 4.37. The van der Waals surface area contributed by atoms with E-state index in [4.69, 9.17) is 0 Å². The predicted octanol–water partition coefficient (Wildman–Crippen LogP) is 1.58. The van der Waals surface area contributed by atoms with E-state index in [-0.39, 0.29) is 5.56 Å². The maximum atomic E-state index is 12.4. The van der Waals surface area contributed by atoms with Gasteiger partial charge in [0.05, 0.1) is 5.69 Å². The summed E-state index contributed by atoms with van der Waals surface area (Å²) < 4.78 is 3.43. The lowest BCUT2D eigenvalue weighted by molar-refractivity contribution is 0.423. The molecule has 0 fully saturated rings. The molecule has 2 aromatic heterocycles. The molecule has 104 valence electrons. The van der Waals surface area contributed by atoms with Crippen LogP contribution in [0.2, 0.25) is 0 Å². The molecule has 1 N–H and O–H groups in total. The monoisotopic (exact) mass is 262 g/mol. The van der Waals surface area contributed by atoms with Gasteiger partial charge in [-0.05, 0) is 26.0 Å². The summed E-state index contributed by atoms with van der Waals surface area (Å²) in [6, 6.07) is 2.18. The normalized spacial score (nSPS) is 13.0. The van der Waals surface area contributed by atoms with Crippen LogP contribution in [0.3, 0.4) is 0 Å². The van der Waals surface area contributed by atoms with Gasteiger partial charge in [-0.2, -0.15) is 5.10 Å². The highest BCUT2D eigenvalue weighted by Gasteiger charge is 2.10. The number of aromatic nitrogens is 3. The number of hydrogen-bond donors (Lipinski definition) is 1. The predicted molar refractivity (Wildman–Crippen MR) is 76.6 cm³/mol. The van der Waals surface area contributed by atoms with E-state index in [0.29, 0.717) is 18.1 Å². The van der Waals surface area contributed by atoms with Crippen molar-refractivity contribution in [2.24, 2.45) is 0 Å². The Hall–Kier alpha value is -1.62. The summed E-state index contributed by atoms with van der Waals surface area (Å²) in [6.45, 7) is 7.79.